The second kappa shape index (κ2) is 5.37. The van der Waals surface area contributed by atoms with E-state index in [0.717, 1.165) is 38.8 Å². The monoisotopic (exact) mass is 278 g/mol. The van der Waals surface area contributed by atoms with Crippen LogP contribution < -0.4 is 11.3 Å². The highest BCUT2D eigenvalue weighted by molar-refractivity contribution is 6.31. The van der Waals surface area contributed by atoms with Crippen LogP contribution in [0.3, 0.4) is 0 Å². The number of hydrogen-bond acceptors (Lipinski definition) is 3. The van der Waals surface area contributed by atoms with Gasteiger partial charge in [0.05, 0.1) is 6.04 Å². The van der Waals surface area contributed by atoms with Gasteiger partial charge in [-0.15, -0.1) is 0 Å². The van der Waals surface area contributed by atoms with Crippen molar-refractivity contribution in [2.24, 2.45) is 5.84 Å². The lowest BCUT2D eigenvalue weighted by molar-refractivity contribution is 0.494. The summed E-state index contributed by atoms with van der Waals surface area (Å²) >= 11 is 6.20. The van der Waals surface area contributed by atoms with Gasteiger partial charge in [0.25, 0.3) is 0 Å². The summed E-state index contributed by atoms with van der Waals surface area (Å²) < 4.78 is 5.67. The molecule has 2 aromatic rings. The zero-order valence-electron chi connectivity index (χ0n) is 11.7. The van der Waals surface area contributed by atoms with Crippen molar-refractivity contribution in [3.8, 4) is 0 Å². The Bertz CT molecular complexity index is 604. The summed E-state index contributed by atoms with van der Waals surface area (Å²) in [5.74, 6) is 7.54. The maximum atomic E-state index is 6.20. The zero-order valence-corrected chi connectivity index (χ0v) is 12.4. The van der Waals surface area contributed by atoms with Gasteiger partial charge >= 0.3 is 0 Å². The summed E-state index contributed by atoms with van der Waals surface area (Å²) in [5.41, 5.74) is 7.15. The van der Waals surface area contributed by atoms with Crippen molar-refractivity contribution in [1.82, 2.24) is 5.43 Å². The van der Waals surface area contributed by atoms with Crippen molar-refractivity contribution in [3.05, 3.63) is 57.0 Å². The molecule has 0 spiro atoms. The van der Waals surface area contributed by atoms with Crippen molar-refractivity contribution >= 4 is 11.6 Å². The zero-order chi connectivity index (χ0) is 14.2. The molecule has 1 aromatic heterocycles. The number of rotatable bonds is 3. The Labute approximate surface area is 118 Å². The second-order valence-corrected chi connectivity index (χ2v) is 5.27. The third-order valence-electron chi connectivity index (χ3n) is 3.60. The van der Waals surface area contributed by atoms with E-state index in [-0.39, 0.29) is 6.04 Å². The van der Waals surface area contributed by atoms with Crippen LogP contribution in [0.25, 0.3) is 0 Å². The number of hydrazine groups is 1. The average Bonchev–Trinajstić information content (AvgIpc) is 2.61. The Hall–Kier alpha value is -1.29. The van der Waals surface area contributed by atoms with Gasteiger partial charge in [0.2, 0.25) is 0 Å². The van der Waals surface area contributed by atoms with Crippen molar-refractivity contribution in [2.45, 2.75) is 33.7 Å². The summed E-state index contributed by atoms with van der Waals surface area (Å²) in [4.78, 5) is 0. The molecule has 2 rings (SSSR count). The number of aryl methyl sites for hydroxylation is 3. The Morgan fingerprint density at radius 3 is 2.32 bits per heavy atom. The summed E-state index contributed by atoms with van der Waals surface area (Å²) in [6.07, 6.45) is 0. The molecule has 0 aliphatic rings. The lowest BCUT2D eigenvalue weighted by atomic mass is 9.95. The van der Waals surface area contributed by atoms with Gasteiger partial charge in [0, 0.05) is 10.6 Å². The molecule has 0 amide bonds. The number of hydrogen-bond donors (Lipinski definition) is 2. The number of nitrogens with two attached hydrogens (primary N) is 1. The van der Waals surface area contributed by atoms with Gasteiger partial charge in [0.1, 0.15) is 11.5 Å². The first-order chi connectivity index (χ1) is 8.95. The largest absolute Gasteiger partial charge is 0.466 e. The van der Waals surface area contributed by atoms with E-state index in [9.17, 15) is 0 Å². The second-order valence-electron chi connectivity index (χ2n) is 4.86. The molecule has 102 valence electrons. The van der Waals surface area contributed by atoms with Crippen LogP contribution in [-0.2, 0) is 0 Å². The molecule has 0 aliphatic heterocycles. The predicted molar refractivity (Wildman–Crippen MR) is 78.3 cm³/mol. The van der Waals surface area contributed by atoms with E-state index in [4.69, 9.17) is 21.9 Å². The molecular weight excluding hydrogens is 260 g/mol. The van der Waals surface area contributed by atoms with Gasteiger partial charge in [-0.1, -0.05) is 23.7 Å². The van der Waals surface area contributed by atoms with Gasteiger partial charge in [-0.3, -0.25) is 5.84 Å². The molecule has 3 nitrogen and oxygen atoms in total. The first kappa shape index (κ1) is 14.1. The van der Waals surface area contributed by atoms with Gasteiger partial charge in [-0.05, 0) is 50.5 Å². The van der Waals surface area contributed by atoms with Crippen molar-refractivity contribution in [3.63, 3.8) is 0 Å². The molecule has 0 saturated carbocycles. The highest BCUT2D eigenvalue weighted by atomic mass is 35.5. The maximum absolute atomic E-state index is 6.20. The molecule has 1 unspecified atom stereocenters. The summed E-state index contributed by atoms with van der Waals surface area (Å²) in [7, 11) is 0. The fraction of sp³-hybridized carbons (Fsp3) is 0.333. The van der Waals surface area contributed by atoms with Crippen molar-refractivity contribution in [2.75, 3.05) is 0 Å². The molecule has 4 heteroatoms. The Morgan fingerprint density at radius 1 is 1.16 bits per heavy atom. The Kier molecular flexibility index (Phi) is 3.99. The van der Waals surface area contributed by atoms with E-state index < -0.39 is 0 Å². The SMILES string of the molecule is Cc1ccc(C(NN)c2c(C)oc(C)c2C)cc1Cl. The molecule has 3 N–H and O–H groups in total. The number of furan rings is 1. The molecule has 19 heavy (non-hydrogen) atoms. The van der Waals surface area contributed by atoms with E-state index in [1.165, 1.54) is 0 Å². The van der Waals surface area contributed by atoms with E-state index in [1.54, 1.807) is 0 Å². The molecule has 0 radical (unpaired) electrons. The van der Waals surface area contributed by atoms with Crippen LogP contribution in [0.1, 0.15) is 39.8 Å². The van der Waals surface area contributed by atoms with Crippen molar-refractivity contribution < 1.29 is 4.42 Å². The summed E-state index contributed by atoms with van der Waals surface area (Å²) in [6.45, 7) is 7.94. The topological polar surface area (TPSA) is 51.2 Å². The Morgan fingerprint density at radius 2 is 1.84 bits per heavy atom. The average molecular weight is 279 g/mol. The van der Waals surface area contributed by atoms with Crippen LogP contribution in [-0.4, -0.2) is 0 Å². The summed E-state index contributed by atoms with van der Waals surface area (Å²) in [6, 6.07) is 5.87. The van der Waals surface area contributed by atoms with Gasteiger partial charge in [-0.2, -0.15) is 0 Å². The van der Waals surface area contributed by atoms with E-state index in [1.807, 2.05) is 45.9 Å². The lowest BCUT2D eigenvalue weighted by Crippen LogP contribution is -2.29. The molecular formula is C15H19ClN2O. The van der Waals surface area contributed by atoms with E-state index in [2.05, 4.69) is 5.43 Å². The molecule has 1 heterocycles. The van der Waals surface area contributed by atoms with Gasteiger partial charge in [0.15, 0.2) is 0 Å². The Balaban J connectivity index is 2.52. The predicted octanol–water partition coefficient (Wildman–Crippen LogP) is 3.72. The third kappa shape index (κ3) is 2.54. The van der Waals surface area contributed by atoms with Crippen LogP contribution >= 0.6 is 11.6 Å². The minimum Gasteiger partial charge on any atom is -0.466 e. The van der Waals surface area contributed by atoms with Gasteiger partial charge < -0.3 is 4.42 Å². The minimum absolute atomic E-state index is 0.115. The summed E-state index contributed by atoms with van der Waals surface area (Å²) in [5, 5.41) is 0.744. The molecule has 0 saturated heterocycles. The fourth-order valence-corrected chi connectivity index (χ4v) is 2.56. The quantitative estimate of drug-likeness (QED) is 0.665. The number of halogens is 1. The maximum Gasteiger partial charge on any atom is 0.106 e. The standard InChI is InChI=1S/C15H19ClN2O/c1-8-5-6-12(7-13(8)16)15(18-17)14-9(2)10(3)19-11(14)4/h5-7,15,18H,17H2,1-4H3. The molecule has 1 atom stereocenters. The van der Waals surface area contributed by atoms with Crippen LogP contribution in [0.4, 0.5) is 0 Å². The van der Waals surface area contributed by atoms with Crippen LogP contribution in [0.15, 0.2) is 22.6 Å². The van der Waals surface area contributed by atoms with E-state index >= 15 is 0 Å². The third-order valence-corrected chi connectivity index (χ3v) is 4.01. The van der Waals surface area contributed by atoms with Crippen LogP contribution in [0.5, 0.6) is 0 Å². The van der Waals surface area contributed by atoms with Crippen LogP contribution in [0.2, 0.25) is 5.02 Å². The van der Waals surface area contributed by atoms with Crippen LogP contribution in [0, 0.1) is 27.7 Å². The number of nitrogens with one attached hydrogen (secondary N) is 1. The number of benzene rings is 1. The van der Waals surface area contributed by atoms with Gasteiger partial charge in [-0.25, -0.2) is 5.43 Å². The molecule has 0 fully saturated rings. The smallest absolute Gasteiger partial charge is 0.106 e. The highest BCUT2D eigenvalue weighted by Gasteiger charge is 2.22. The lowest BCUT2D eigenvalue weighted by Gasteiger charge is -2.18. The van der Waals surface area contributed by atoms with E-state index in [0.29, 0.717) is 0 Å². The fourth-order valence-electron chi connectivity index (χ4n) is 2.37. The first-order valence-electron chi connectivity index (χ1n) is 6.24. The normalized spacial score (nSPS) is 12.7. The highest BCUT2D eigenvalue weighted by Crippen LogP contribution is 2.32. The molecule has 0 aliphatic carbocycles. The van der Waals surface area contributed by atoms with Crippen molar-refractivity contribution in [1.29, 1.82) is 0 Å². The molecule has 0 bridgehead atoms. The molecule has 1 aromatic carbocycles. The minimum atomic E-state index is -0.115. The first-order valence-corrected chi connectivity index (χ1v) is 6.62.